The number of carbonyl (C=O) groups is 1. The van der Waals surface area contributed by atoms with E-state index >= 15 is 0 Å². The highest BCUT2D eigenvalue weighted by Crippen LogP contribution is 2.35. The summed E-state index contributed by atoms with van der Waals surface area (Å²) < 4.78 is 11.2. The molecule has 128 valence electrons. The van der Waals surface area contributed by atoms with Gasteiger partial charge in [-0.3, -0.25) is 4.79 Å². The van der Waals surface area contributed by atoms with Crippen molar-refractivity contribution in [3.8, 4) is 11.5 Å². The molecule has 2 atom stereocenters. The maximum absolute atomic E-state index is 13.0. The van der Waals surface area contributed by atoms with E-state index in [-0.39, 0.29) is 17.9 Å². The molecular formula is C18H22N2O3S. The van der Waals surface area contributed by atoms with Gasteiger partial charge in [-0.05, 0) is 30.5 Å². The number of rotatable bonds is 5. The minimum atomic E-state index is -0.266. The summed E-state index contributed by atoms with van der Waals surface area (Å²) in [5.41, 5.74) is 6.74. The molecule has 0 saturated carbocycles. The van der Waals surface area contributed by atoms with Crippen LogP contribution < -0.4 is 20.1 Å². The molecule has 0 spiro atoms. The van der Waals surface area contributed by atoms with Crippen LogP contribution in [-0.2, 0) is 11.3 Å². The van der Waals surface area contributed by atoms with E-state index in [0.717, 1.165) is 10.6 Å². The first kappa shape index (κ1) is 16.8. The monoisotopic (exact) mass is 346 g/mol. The Kier molecular flexibility index (Phi) is 5.06. The first-order valence-electron chi connectivity index (χ1n) is 8.05. The number of hydrogen-bond acceptors (Lipinski definition) is 5. The van der Waals surface area contributed by atoms with Gasteiger partial charge in [0.05, 0.1) is 12.5 Å². The topological polar surface area (TPSA) is 64.8 Å². The lowest BCUT2D eigenvalue weighted by atomic mass is 10.0. The van der Waals surface area contributed by atoms with Crippen LogP contribution in [0.1, 0.15) is 18.7 Å². The molecule has 0 saturated heterocycles. The fourth-order valence-electron chi connectivity index (χ4n) is 2.53. The lowest BCUT2D eigenvalue weighted by molar-refractivity contribution is -0.122. The number of ether oxygens (including phenoxy) is 2. The normalized spacial score (nSPS) is 15.6. The number of thiophene rings is 1. The summed E-state index contributed by atoms with van der Waals surface area (Å²) in [7, 11) is 0. The highest BCUT2D eigenvalue weighted by molar-refractivity contribution is 7.09. The van der Waals surface area contributed by atoms with Crippen LogP contribution in [0.4, 0.5) is 5.69 Å². The number of carbonyl (C=O) groups excluding carboxylic acids is 1. The quantitative estimate of drug-likeness (QED) is 0.904. The fourth-order valence-corrected chi connectivity index (χ4v) is 3.22. The molecule has 1 aliphatic rings. The third kappa shape index (κ3) is 3.55. The molecular weight excluding hydrogens is 324 g/mol. The second kappa shape index (κ2) is 7.23. The summed E-state index contributed by atoms with van der Waals surface area (Å²) in [5, 5.41) is 2.01. The van der Waals surface area contributed by atoms with Gasteiger partial charge in [0.15, 0.2) is 11.5 Å². The summed E-state index contributed by atoms with van der Waals surface area (Å²) in [6.07, 6.45) is 0. The molecule has 5 nitrogen and oxygen atoms in total. The number of fused-ring (bicyclic) bond motifs is 1. The molecule has 2 heterocycles. The van der Waals surface area contributed by atoms with Crippen LogP contribution in [0.2, 0.25) is 0 Å². The van der Waals surface area contributed by atoms with Crippen molar-refractivity contribution in [3.05, 3.63) is 40.6 Å². The Morgan fingerprint density at radius 1 is 1.25 bits per heavy atom. The average molecular weight is 346 g/mol. The smallest absolute Gasteiger partial charge is 0.231 e. The molecule has 2 N–H and O–H groups in total. The second-order valence-corrected chi connectivity index (χ2v) is 7.01. The van der Waals surface area contributed by atoms with E-state index in [9.17, 15) is 4.79 Å². The first-order valence-corrected chi connectivity index (χ1v) is 8.93. The average Bonchev–Trinajstić information content (AvgIpc) is 3.11. The molecule has 0 radical (unpaired) electrons. The Bertz CT molecular complexity index is 700. The predicted octanol–water partition coefficient (Wildman–Crippen LogP) is 3.04. The number of anilines is 1. The molecule has 1 aromatic carbocycles. The number of nitrogens with zero attached hydrogens (tertiary/aromatic N) is 1. The van der Waals surface area contributed by atoms with E-state index < -0.39 is 0 Å². The number of hydrogen-bond donors (Lipinski definition) is 1. The summed E-state index contributed by atoms with van der Waals surface area (Å²) >= 11 is 1.63. The maximum atomic E-state index is 13.0. The standard InChI is InChI=1S/C18H22N2O3S/c1-12(13(2)19)18(21)20(11-15-4-3-9-24-15)14-5-6-16-17(10-14)23-8-7-22-16/h3-6,9-10,12-13H,7-8,11,19H2,1-2H3. The highest BCUT2D eigenvalue weighted by Gasteiger charge is 2.26. The largest absolute Gasteiger partial charge is 0.486 e. The minimum Gasteiger partial charge on any atom is -0.486 e. The van der Waals surface area contributed by atoms with E-state index in [1.165, 1.54) is 0 Å². The molecule has 0 aliphatic carbocycles. The van der Waals surface area contributed by atoms with Gasteiger partial charge in [0.2, 0.25) is 5.91 Å². The zero-order chi connectivity index (χ0) is 17.1. The molecule has 1 aliphatic heterocycles. The lowest BCUT2D eigenvalue weighted by Gasteiger charge is -2.28. The van der Waals surface area contributed by atoms with Gasteiger partial charge in [-0.2, -0.15) is 0 Å². The SMILES string of the molecule is CC(N)C(C)C(=O)N(Cc1cccs1)c1ccc2c(c1)OCCO2. The van der Waals surface area contributed by atoms with Crippen molar-refractivity contribution >= 4 is 22.9 Å². The van der Waals surface area contributed by atoms with Crippen molar-refractivity contribution in [1.82, 2.24) is 0 Å². The van der Waals surface area contributed by atoms with Gasteiger partial charge in [-0.15, -0.1) is 11.3 Å². The number of amides is 1. The molecule has 0 fully saturated rings. The van der Waals surface area contributed by atoms with Gasteiger partial charge < -0.3 is 20.1 Å². The summed E-state index contributed by atoms with van der Waals surface area (Å²) in [6.45, 7) is 5.31. The predicted molar refractivity (Wildman–Crippen MR) is 95.8 cm³/mol. The van der Waals surface area contributed by atoms with Gasteiger partial charge in [0.25, 0.3) is 0 Å². The van der Waals surface area contributed by atoms with E-state index in [0.29, 0.717) is 31.3 Å². The van der Waals surface area contributed by atoms with Crippen molar-refractivity contribution < 1.29 is 14.3 Å². The van der Waals surface area contributed by atoms with Crippen molar-refractivity contribution in [2.75, 3.05) is 18.1 Å². The van der Waals surface area contributed by atoms with Gasteiger partial charge in [0, 0.05) is 22.7 Å². The molecule has 3 rings (SSSR count). The lowest BCUT2D eigenvalue weighted by Crippen LogP contribution is -2.41. The minimum absolute atomic E-state index is 0.00933. The molecule has 2 unspecified atom stereocenters. The molecule has 1 amide bonds. The molecule has 2 aromatic rings. The van der Waals surface area contributed by atoms with Crippen molar-refractivity contribution in [2.24, 2.45) is 11.7 Å². The molecule has 0 bridgehead atoms. The van der Waals surface area contributed by atoms with Crippen molar-refractivity contribution in [2.45, 2.75) is 26.4 Å². The Balaban J connectivity index is 1.92. The zero-order valence-electron chi connectivity index (χ0n) is 13.9. The summed E-state index contributed by atoms with van der Waals surface area (Å²) in [4.78, 5) is 15.9. The second-order valence-electron chi connectivity index (χ2n) is 5.98. The first-order chi connectivity index (χ1) is 11.6. The van der Waals surface area contributed by atoms with E-state index in [2.05, 4.69) is 0 Å². The van der Waals surface area contributed by atoms with Crippen LogP contribution in [0.5, 0.6) is 11.5 Å². The molecule has 24 heavy (non-hydrogen) atoms. The van der Waals surface area contributed by atoms with Crippen LogP contribution in [0, 0.1) is 5.92 Å². The van der Waals surface area contributed by atoms with Crippen LogP contribution in [-0.4, -0.2) is 25.2 Å². The van der Waals surface area contributed by atoms with Gasteiger partial charge in [-0.25, -0.2) is 0 Å². The van der Waals surface area contributed by atoms with Gasteiger partial charge in [-0.1, -0.05) is 13.0 Å². The van der Waals surface area contributed by atoms with E-state index in [1.54, 1.807) is 16.2 Å². The third-order valence-electron chi connectivity index (χ3n) is 4.18. The number of benzene rings is 1. The summed E-state index contributed by atoms with van der Waals surface area (Å²) in [6, 6.07) is 9.43. The number of nitrogens with two attached hydrogens (primary N) is 1. The van der Waals surface area contributed by atoms with Gasteiger partial charge >= 0.3 is 0 Å². The zero-order valence-corrected chi connectivity index (χ0v) is 14.7. The third-order valence-corrected chi connectivity index (χ3v) is 5.04. The Hall–Kier alpha value is -2.05. The van der Waals surface area contributed by atoms with Crippen molar-refractivity contribution in [1.29, 1.82) is 0 Å². The van der Waals surface area contributed by atoms with Crippen molar-refractivity contribution in [3.63, 3.8) is 0 Å². The fraction of sp³-hybridized carbons (Fsp3) is 0.389. The van der Waals surface area contributed by atoms with E-state index in [1.807, 2.05) is 49.6 Å². The Morgan fingerprint density at radius 2 is 2.00 bits per heavy atom. The van der Waals surface area contributed by atoms with Crippen LogP contribution in [0.25, 0.3) is 0 Å². The van der Waals surface area contributed by atoms with Crippen LogP contribution in [0.15, 0.2) is 35.7 Å². The van der Waals surface area contributed by atoms with Gasteiger partial charge in [0.1, 0.15) is 13.2 Å². The molecule has 1 aromatic heterocycles. The highest BCUT2D eigenvalue weighted by atomic mass is 32.1. The molecule has 6 heteroatoms. The van der Waals surface area contributed by atoms with Crippen LogP contribution in [0.3, 0.4) is 0 Å². The summed E-state index contributed by atoms with van der Waals surface area (Å²) in [5.74, 6) is 1.14. The Morgan fingerprint density at radius 3 is 2.67 bits per heavy atom. The van der Waals surface area contributed by atoms with E-state index in [4.69, 9.17) is 15.2 Å². The Labute approximate surface area is 146 Å². The van der Waals surface area contributed by atoms with Crippen LogP contribution >= 0.6 is 11.3 Å². The maximum Gasteiger partial charge on any atom is 0.231 e.